The normalized spacial score (nSPS) is 38.2. The molecule has 2 aliphatic rings. The minimum absolute atomic E-state index is 0.142. The lowest BCUT2D eigenvalue weighted by Gasteiger charge is -2.29. The summed E-state index contributed by atoms with van der Waals surface area (Å²) in [6, 6.07) is 0.487. The third kappa shape index (κ3) is 2.52. The number of aliphatic hydroxyl groups excluding tert-OH is 2. The molecule has 2 fully saturated rings. The van der Waals surface area contributed by atoms with Crippen molar-refractivity contribution in [3.05, 3.63) is 0 Å². The average Bonchev–Trinajstić information content (AvgIpc) is 2.86. The Labute approximate surface area is 91.9 Å². The Kier molecular flexibility index (Phi) is 3.65. The third-order valence-electron chi connectivity index (χ3n) is 4.32. The fraction of sp³-hybridized carbons (Fsp3) is 1.00. The SMILES string of the molecule is CC(NCC(O)CO)C1CC2CCC1C2. The van der Waals surface area contributed by atoms with Gasteiger partial charge in [0.15, 0.2) is 0 Å². The highest BCUT2D eigenvalue weighted by molar-refractivity contribution is 4.94. The number of aliphatic hydroxyl groups is 2. The average molecular weight is 213 g/mol. The summed E-state index contributed by atoms with van der Waals surface area (Å²) >= 11 is 0. The lowest BCUT2D eigenvalue weighted by Crippen LogP contribution is -2.41. The number of hydrogen-bond donors (Lipinski definition) is 3. The number of hydrogen-bond acceptors (Lipinski definition) is 3. The summed E-state index contributed by atoms with van der Waals surface area (Å²) in [6.07, 6.45) is 5.04. The van der Waals surface area contributed by atoms with E-state index in [0.29, 0.717) is 12.6 Å². The van der Waals surface area contributed by atoms with Crippen LogP contribution in [0.25, 0.3) is 0 Å². The highest BCUT2D eigenvalue weighted by Crippen LogP contribution is 2.49. The summed E-state index contributed by atoms with van der Waals surface area (Å²) in [7, 11) is 0. The van der Waals surface area contributed by atoms with Crippen LogP contribution in [0.5, 0.6) is 0 Å². The number of nitrogens with one attached hydrogen (secondary N) is 1. The maximum Gasteiger partial charge on any atom is 0.0895 e. The molecule has 0 spiro atoms. The largest absolute Gasteiger partial charge is 0.394 e. The fourth-order valence-corrected chi connectivity index (χ4v) is 3.44. The molecule has 15 heavy (non-hydrogen) atoms. The molecule has 2 bridgehead atoms. The van der Waals surface area contributed by atoms with Crippen molar-refractivity contribution in [2.24, 2.45) is 17.8 Å². The van der Waals surface area contributed by atoms with Crippen molar-refractivity contribution in [2.45, 2.75) is 44.8 Å². The summed E-state index contributed by atoms with van der Waals surface area (Å²) < 4.78 is 0. The van der Waals surface area contributed by atoms with E-state index in [9.17, 15) is 5.11 Å². The van der Waals surface area contributed by atoms with Gasteiger partial charge in [-0.2, -0.15) is 0 Å². The topological polar surface area (TPSA) is 52.5 Å². The molecule has 88 valence electrons. The summed E-state index contributed by atoms with van der Waals surface area (Å²) in [6.45, 7) is 2.59. The van der Waals surface area contributed by atoms with E-state index in [4.69, 9.17) is 5.11 Å². The molecule has 0 radical (unpaired) electrons. The van der Waals surface area contributed by atoms with Crippen LogP contribution in [0.3, 0.4) is 0 Å². The van der Waals surface area contributed by atoms with Gasteiger partial charge in [-0.3, -0.25) is 0 Å². The molecule has 0 saturated heterocycles. The van der Waals surface area contributed by atoms with Gasteiger partial charge in [-0.25, -0.2) is 0 Å². The first-order valence-corrected chi connectivity index (χ1v) is 6.23. The molecule has 5 unspecified atom stereocenters. The smallest absolute Gasteiger partial charge is 0.0895 e. The van der Waals surface area contributed by atoms with E-state index < -0.39 is 6.10 Å². The van der Waals surface area contributed by atoms with Crippen LogP contribution in [0.4, 0.5) is 0 Å². The zero-order chi connectivity index (χ0) is 10.8. The minimum Gasteiger partial charge on any atom is -0.394 e. The van der Waals surface area contributed by atoms with E-state index in [-0.39, 0.29) is 6.61 Å². The van der Waals surface area contributed by atoms with Crippen molar-refractivity contribution in [2.75, 3.05) is 13.2 Å². The predicted molar refractivity (Wildman–Crippen MR) is 59.5 cm³/mol. The van der Waals surface area contributed by atoms with Crippen LogP contribution in [-0.2, 0) is 0 Å². The van der Waals surface area contributed by atoms with Gasteiger partial charge in [0.1, 0.15) is 0 Å². The van der Waals surface area contributed by atoms with Gasteiger partial charge in [0.2, 0.25) is 0 Å². The molecular formula is C12H23NO2. The molecule has 0 heterocycles. The van der Waals surface area contributed by atoms with E-state index in [1.165, 1.54) is 25.7 Å². The van der Waals surface area contributed by atoms with Crippen molar-refractivity contribution in [3.8, 4) is 0 Å². The first-order chi connectivity index (χ1) is 7.20. The van der Waals surface area contributed by atoms with Crippen molar-refractivity contribution in [3.63, 3.8) is 0 Å². The Morgan fingerprint density at radius 1 is 1.33 bits per heavy atom. The molecule has 0 aromatic carbocycles. The molecule has 0 aromatic rings. The Hall–Kier alpha value is -0.120. The van der Waals surface area contributed by atoms with Crippen molar-refractivity contribution >= 4 is 0 Å². The quantitative estimate of drug-likeness (QED) is 0.632. The molecule has 2 aliphatic carbocycles. The Balaban J connectivity index is 1.74. The lowest BCUT2D eigenvalue weighted by molar-refractivity contribution is 0.0883. The molecule has 2 rings (SSSR count). The molecule has 2 saturated carbocycles. The van der Waals surface area contributed by atoms with Gasteiger partial charge in [-0.05, 0) is 43.9 Å². The van der Waals surface area contributed by atoms with Crippen LogP contribution in [-0.4, -0.2) is 35.5 Å². The van der Waals surface area contributed by atoms with Gasteiger partial charge in [0.25, 0.3) is 0 Å². The molecule has 3 heteroatoms. The lowest BCUT2D eigenvalue weighted by atomic mass is 9.84. The second kappa shape index (κ2) is 4.81. The van der Waals surface area contributed by atoms with Crippen molar-refractivity contribution in [1.82, 2.24) is 5.32 Å². The van der Waals surface area contributed by atoms with Crippen LogP contribution in [0.15, 0.2) is 0 Å². The second-order valence-corrected chi connectivity index (χ2v) is 5.37. The molecule has 5 atom stereocenters. The Bertz CT molecular complexity index is 210. The zero-order valence-corrected chi connectivity index (χ0v) is 9.52. The van der Waals surface area contributed by atoms with Crippen LogP contribution in [0.2, 0.25) is 0 Å². The minimum atomic E-state index is -0.606. The van der Waals surface area contributed by atoms with Crippen LogP contribution >= 0.6 is 0 Å². The molecular weight excluding hydrogens is 190 g/mol. The third-order valence-corrected chi connectivity index (χ3v) is 4.32. The van der Waals surface area contributed by atoms with Crippen molar-refractivity contribution < 1.29 is 10.2 Å². The zero-order valence-electron chi connectivity index (χ0n) is 9.52. The summed E-state index contributed by atoms with van der Waals surface area (Å²) in [5, 5.41) is 21.3. The van der Waals surface area contributed by atoms with Gasteiger partial charge in [0, 0.05) is 12.6 Å². The molecule has 0 aromatic heterocycles. The predicted octanol–water partition coefficient (Wildman–Crippen LogP) is 0.754. The standard InChI is InChI=1S/C12H23NO2/c1-8(13-6-11(15)7-14)12-5-9-2-3-10(12)4-9/h8-15H,2-7H2,1H3. The molecule has 0 amide bonds. The highest BCUT2D eigenvalue weighted by atomic mass is 16.3. The van der Waals surface area contributed by atoms with E-state index in [0.717, 1.165) is 17.8 Å². The van der Waals surface area contributed by atoms with Gasteiger partial charge in [-0.1, -0.05) is 6.42 Å². The fourth-order valence-electron chi connectivity index (χ4n) is 3.44. The first kappa shape index (κ1) is 11.4. The first-order valence-electron chi connectivity index (χ1n) is 6.23. The summed E-state index contributed by atoms with van der Waals surface area (Å²) in [5.41, 5.74) is 0. The Morgan fingerprint density at radius 2 is 2.13 bits per heavy atom. The van der Waals surface area contributed by atoms with E-state index >= 15 is 0 Å². The van der Waals surface area contributed by atoms with Crippen LogP contribution in [0, 0.1) is 17.8 Å². The van der Waals surface area contributed by atoms with E-state index in [1.807, 2.05) is 0 Å². The number of fused-ring (bicyclic) bond motifs is 2. The Morgan fingerprint density at radius 3 is 2.67 bits per heavy atom. The molecule has 3 nitrogen and oxygen atoms in total. The maximum atomic E-state index is 9.27. The summed E-state index contributed by atoms with van der Waals surface area (Å²) in [4.78, 5) is 0. The van der Waals surface area contributed by atoms with Gasteiger partial charge in [-0.15, -0.1) is 0 Å². The van der Waals surface area contributed by atoms with Gasteiger partial charge in [0.05, 0.1) is 12.7 Å². The van der Waals surface area contributed by atoms with E-state index in [2.05, 4.69) is 12.2 Å². The monoisotopic (exact) mass is 213 g/mol. The number of rotatable bonds is 5. The summed E-state index contributed by atoms with van der Waals surface area (Å²) in [5.74, 6) is 2.70. The highest BCUT2D eigenvalue weighted by Gasteiger charge is 2.41. The van der Waals surface area contributed by atoms with Crippen LogP contribution in [0.1, 0.15) is 32.6 Å². The van der Waals surface area contributed by atoms with Gasteiger partial charge < -0.3 is 15.5 Å². The maximum absolute atomic E-state index is 9.27. The van der Waals surface area contributed by atoms with Crippen LogP contribution < -0.4 is 5.32 Å². The van der Waals surface area contributed by atoms with Gasteiger partial charge >= 0.3 is 0 Å². The second-order valence-electron chi connectivity index (χ2n) is 5.37. The molecule has 0 aliphatic heterocycles. The van der Waals surface area contributed by atoms with Crippen molar-refractivity contribution in [1.29, 1.82) is 0 Å². The molecule has 3 N–H and O–H groups in total. The van der Waals surface area contributed by atoms with E-state index in [1.54, 1.807) is 0 Å².